The second-order valence-electron chi connectivity index (χ2n) is 5.79. The first-order valence-corrected chi connectivity index (χ1v) is 8.19. The van der Waals surface area contributed by atoms with Gasteiger partial charge in [0.1, 0.15) is 11.4 Å². The molecule has 2 N–H and O–H groups in total. The largest absolute Gasteiger partial charge is 0.486 e. The summed E-state index contributed by atoms with van der Waals surface area (Å²) in [5, 5.41) is 0. The number of benzene rings is 2. The van der Waals surface area contributed by atoms with E-state index in [1.54, 1.807) is 0 Å². The number of rotatable bonds is 3. The molecule has 2 aromatic carbocycles. The second kappa shape index (κ2) is 5.82. The molecular weight excluding hydrogens is 326 g/mol. The highest BCUT2D eigenvalue weighted by atomic mass is 79.9. The van der Waals surface area contributed by atoms with Crippen LogP contribution in [0.3, 0.4) is 0 Å². The highest BCUT2D eigenvalue weighted by Gasteiger charge is 2.38. The molecule has 0 aromatic heterocycles. The second-order valence-corrected chi connectivity index (χ2v) is 6.71. The van der Waals surface area contributed by atoms with E-state index in [-0.39, 0.29) is 11.6 Å². The number of hydrogen-bond donors (Lipinski definition) is 1. The molecule has 0 aliphatic carbocycles. The first kappa shape index (κ1) is 14.6. The standard InChI is InChI=1S/C18H20BrNO/c1-2-18(11-13-6-4-3-5-7-13)12-16(20)15-9-8-14(19)10-17(15)21-18/h3-10,16H,2,11-12,20H2,1H3/t16-,18?/m0/s1. The van der Waals surface area contributed by atoms with Crippen molar-refractivity contribution in [3.8, 4) is 5.75 Å². The quantitative estimate of drug-likeness (QED) is 0.880. The van der Waals surface area contributed by atoms with Crippen LogP contribution in [0.5, 0.6) is 5.75 Å². The number of nitrogens with two attached hydrogens (primary N) is 1. The third-order valence-corrected chi connectivity index (χ3v) is 4.80. The molecule has 3 rings (SSSR count). The Kier molecular flexibility index (Phi) is 4.05. The number of halogens is 1. The zero-order valence-corrected chi connectivity index (χ0v) is 13.8. The molecule has 0 radical (unpaired) electrons. The van der Waals surface area contributed by atoms with Crippen molar-refractivity contribution in [3.05, 3.63) is 64.1 Å². The van der Waals surface area contributed by atoms with Gasteiger partial charge >= 0.3 is 0 Å². The van der Waals surface area contributed by atoms with Crippen LogP contribution in [0.2, 0.25) is 0 Å². The molecule has 0 fully saturated rings. The lowest BCUT2D eigenvalue weighted by atomic mass is 9.81. The van der Waals surface area contributed by atoms with Crippen LogP contribution in [0.25, 0.3) is 0 Å². The molecule has 2 nitrogen and oxygen atoms in total. The fourth-order valence-corrected chi connectivity index (χ4v) is 3.45. The first-order valence-electron chi connectivity index (χ1n) is 7.40. The molecule has 0 amide bonds. The maximum atomic E-state index is 6.41. The zero-order chi connectivity index (χ0) is 14.9. The van der Waals surface area contributed by atoms with Gasteiger partial charge in [-0.2, -0.15) is 0 Å². The van der Waals surface area contributed by atoms with Gasteiger partial charge in [-0.3, -0.25) is 0 Å². The van der Waals surface area contributed by atoms with Gasteiger partial charge in [0.2, 0.25) is 0 Å². The minimum absolute atomic E-state index is 0.0329. The van der Waals surface area contributed by atoms with E-state index < -0.39 is 0 Å². The third kappa shape index (κ3) is 2.99. The summed E-state index contributed by atoms with van der Waals surface area (Å²) in [7, 11) is 0. The van der Waals surface area contributed by atoms with Gasteiger partial charge in [0, 0.05) is 28.9 Å². The number of hydrogen-bond acceptors (Lipinski definition) is 2. The van der Waals surface area contributed by atoms with Gasteiger partial charge in [0.05, 0.1) is 0 Å². The Labute approximate surface area is 134 Å². The summed E-state index contributed by atoms with van der Waals surface area (Å²) in [5.41, 5.74) is 8.60. The topological polar surface area (TPSA) is 35.2 Å². The van der Waals surface area contributed by atoms with Gasteiger partial charge in [-0.05, 0) is 24.1 Å². The van der Waals surface area contributed by atoms with Crippen molar-refractivity contribution in [3.63, 3.8) is 0 Å². The molecule has 0 saturated carbocycles. The van der Waals surface area contributed by atoms with E-state index in [4.69, 9.17) is 10.5 Å². The van der Waals surface area contributed by atoms with Crippen LogP contribution in [-0.4, -0.2) is 5.60 Å². The Morgan fingerprint density at radius 1 is 1.24 bits per heavy atom. The maximum absolute atomic E-state index is 6.41. The van der Waals surface area contributed by atoms with Gasteiger partial charge in [0.15, 0.2) is 0 Å². The van der Waals surface area contributed by atoms with Crippen LogP contribution in [0.1, 0.15) is 36.9 Å². The molecule has 0 bridgehead atoms. The van der Waals surface area contributed by atoms with Crippen molar-refractivity contribution in [2.45, 2.75) is 37.8 Å². The fraction of sp³-hybridized carbons (Fsp3) is 0.333. The highest BCUT2D eigenvalue weighted by Crippen LogP contribution is 2.42. The predicted molar refractivity (Wildman–Crippen MR) is 89.5 cm³/mol. The van der Waals surface area contributed by atoms with E-state index in [2.05, 4.69) is 53.2 Å². The van der Waals surface area contributed by atoms with E-state index in [1.165, 1.54) is 5.56 Å². The minimum Gasteiger partial charge on any atom is -0.486 e. The lowest BCUT2D eigenvalue weighted by Gasteiger charge is -2.41. The van der Waals surface area contributed by atoms with E-state index in [1.807, 2.05) is 18.2 Å². The minimum atomic E-state index is -0.214. The molecule has 2 atom stereocenters. The van der Waals surface area contributed by atoms with E-state index in [0.717, 1.165) is 35.0 Å². The lowest BCUT2D eigenvalue weighted by molar-refractivity contribution is 0.0321. The predicted octanol–water partition coefficient (Wildman–Crippen LogP) is 4.62. The average molecular weight is 346 g/mol. The molecule has 1 aliphatic heterocycles. The maximum Gasteiger partial charge on any atom is 0.126 e. The Hall–Kier alpha value is -1.32. The van der Waals surface area contributed by atoms with Crippen molar-refractivity contribution in [2.75, 3.05) is 0 Å². The van der Waals surface area contributed by atoms with Crippen molar-refractivity contribution in [2.24, 2.45) is 5.73 Å². The van der Waals surface area contributed by atoms with Gasteiger partial charge in [-0.1, -0.05) is 59.3 Å². The molecule has 1 unspecified atom stereocenters. The lowest BCUT2D eigenvalue weighted by Crippen LogP contribution is -2.44. The van der Waals surface area contributed by atoms with Crippen LogP contribution in [-0.2, 0) is 6.42 Å². The Morgan fingerprint density at radius 3 is 2.71 bits per heavy atom. The molecular formula is C18H20BrNO. The molecule has 21 heavy (non-hydrogen) atoms. The average Bonchev–Trinajstić information content (AvgIpc) is 2.47. The Morgan fingerprint density at radius 2 is 2.00 bits per heavy atom. The summed E-state index contributed by atoms with van der Waals surface area (Å²) >= 11 is 3.52. The molecule has 1 aliphatic rings. The third-order valence-electron chi connectivity index (χ3n) is 4.31. The number of ether oxygens (including phenoxy) is 1. The molecule has 3 heteroatoms. The van der Waals surface area contributed by atoms with Crippen molar-refractivity contribution in [1.82, 2.24) is 0 Å². The van der Waals surface area contributed by atoms with Crippen LogP contribution >= 0.6 is 15.9 Å². The summed E-state index contributed by atoms with van der Waals surface area (Å²) in [6.07, 6.45) is 2.69. The van der Waals surface area contributed by atoms with E-state index >= 15 is 0 Å². The van der Waals surface area contributed by atoms with Gasteiger partial charge in [-0.25, -0.2) is 0 Å². The van der Waals surface area contributed by atoms with Crippen molar-refractivity contribution >= 4 is 15.9 Å². The Balaban J connectivity index is 1.94. The SMILES string of the molecule is CCC1(Cc2ccccc2)C[C@H](N)c2ccc(Br)cc2O1. The van der Waals surface area contributed by atoms with E-state index in [0.29, 0.717) is 0 Å². The van der Waals surface area contributed by atoms with Gasteiger partial charge in [-0.15, -0.1) is 0 Å². The fourth-order valence-electron chi connectivity index (χ4n) is 3.11. The molecule has 1 heterocycles. The Bertz CT molecular complexity index is 628. The van der Waals surface area contributed by atoms with Crippen LogP contribution in [0.4, 0.5) is 0 Å². The smallest absolute Gasteiger partial charge is 0.126 e. The molecule has 0 saturated heterocycles. The van der Waals surface area contributed by atoms with Crippen LogP contribution in [0.15, 0.2) is 53.0 Å². The molecule has 110 valence electrons. The summed E-state index contributed by atoms with van der Waals surface area (Å²) in [6.45, 7) is 2.18. The normalized spacial score (nSPS) is 24.2. The summed E-state index contributed by atoms with van der Waals surface area (Å²) in [4.78, 5) is 0. The first-order chi connectivity index (χ1) is 10.1. The molecule has 2 aromatic rings. The van der Waals surface area contributed by atoms with Gasteiger partial charge < -0.3 is 10.5 Å². The van der Waals surface area contributed by atoms with Crippen LogP contribution < -0.4 is 10.5 Å². The van der Waals surface area contributed by atoms with E-state index in [9.17, 15) is 0 Å². The van der Waals surface area contributed by atoms with Crippen molar-refractivity contribution in [1.29, 1.82) is 0 Å². The zero-order valence-electron chi connectivity index (χ0n) is 12.2. The van der Waals surface area contributed by atoms with Gasteiger partial charge in [0.25, 0.3) is 0 Å². The number of fused-ring (bicyclic) bond motifs is 1. The summed E-state index contributed by atoms with van der Waals surface area (Å²) in [5.74, 6) is 0.918. The van der Waals surface area contributed by atoms with Crippen molar-refractivity contribution < 1.29 is 4.74 Å². The van der Waals surface area contributed by atoms with Crippen LogP contribution in [0, 0.1) is 0 Å². The highest BCUT2D eigenvalue weighted by molar-refractivity contribution is 9.10. The molecule has 0 spiro atoms. The monoisotopic (exact) mass is 345 g/mol. The summed E-state index contributed by atoms with van der Waals surface area (Å²) in [6, 6.07) is 16.7. The summed E-state index contributed by atoms with van der Waals surface area (Å²) < 4.78 is 7.44.